The van der Waals surface area contributed by atoms with Crippen LogP contribution >= 0.6 is 0 Å². The number of nitrogens with one attached hydrogen (secondary N) is 3. The maximum absolute atomic E-state index is 9.46. The van der Waals surface area contributed by atoms with E-state index in [-0.39, 0.29) is 12.1 Å². The highest BCUT2D eigenvalue weighted by Crippen LogP contribution is 2.33. The molecule has 3 N–H and O–H groups in total. The lowest BCUT2D eigenvalue weighted by atomic mass is 9.97. The number of aromatic amines is 1. The zero-order valence-corrected chi connectivity index (χ0v) is 16.9. The number of nitriles is 1. The van der Waals surface area contributed by atoms with Gasteiger partial charge < -0.3 is 19.4 Å². The third kappa shape index (κ3) is 3.91. The summed E-state index contributed by atoms with van der Waals surface area (Å²) in [6.45, 7) is 2.22. The van der Waals surface area contributed by atoms with E-state index in [4.69, 9.17) is 4.52 Å². The lowest BCUT2D eigenvalue weighted by Gasteiger charge is -2.22. The van der Waals surface area contributed by atoms with Gasteiger partial charge in [-0.3, -0.25) is 10.3 Å². The summed E-state index contributed by atoms with van der Waals surface area (Å²) in [5, 5.41) is 16.2. The van der Waals surface area contributed by atoms with E-state index in [1.807, 2.05) is 61.1 Å². The Labute approximate surface area is 179 Å². The van der Waals surface area contributed by atoms with Gasteiger partial charge in [-0.1, -0.05) is 24.3 Å². The van der Waals surface area contributed by atoms with Crippen LogP contribution in [0, 0.1) is 11.3 Å². The summed E-state index contributed by atoms with van der Waals surface area (Å²) < 4.78 is 9.66. The molecule has 4 bridgehead atoms. The Balaban J connectivity index is 1.76. The average Bonchev–Trinajstić information content (AvgIpc) is 3.23. The minimum atomic E-state index is -0.266. The number of allylic oxidation sites excluding steroid dienone is 1. The van der Waals surface area contributed by atoms with Gasteiger partial charge in [0, 0.05) is 36.7 Å². The lowest BCUT2D eigenvalue weighted by Crippen LogP contribution is -2.21. The maximum Gasteiger partial charge on any atom is 0.131 e. The zero-order valence-electron chi connectivity index (χ0n) is 16.9. The molecule has 5 heterocycles. The quantitative estimate of drug-likeness (QED) is 0.600. The maximum atomic E-state index is 9.46. The van der Waals surface area contributed by atoms with Gasteiger partial charge in [0.05, 0.1) is 31.1 Å². The zero-order chi connectivity index (χ0) is 21.0. The third-order valence-corrected chi connectivity index (χ3v) is 5.53. The van der Waals surface area contributed by atoms with Crippen molar-refractivity contribution in [3.8, 4) is 6.07 Å². The van der Waals surface area contributed by atoms with Crippen LogP contribution in [0.25, 0.3) is 6.08 Å². The minimum Gasteiger partial charge on any atom is -0.388 e. The van der Waals surface area contributed by atoms with Crippen LogP contribution in [0.2, 0.25) is 0 Å². The molecular formula is C23H23N7O. The van der Waals surface area contributed by atoms with E-state index < -0.39 is 0 Å². The highest BCUT2D eigenvalue weighted by molar-refractivity contribution is 5.79. The second-order valence-corrected chi connectivity index (χ2v) is 7.47. The second-order valence-electron chi connectivity index (χ2n) is 7.47. The van der Waals surface area contributed by atoms with Gasteiger partial charge in [0.15, 0.2) is 0 Å². The van der Waals surface area contributed by atoms with Crippen LogP contribution in [0.3, 0.4) is 0 Å². The number of hydrogen-bond donors (Lipinski definition) is 3. The highest BCUT2D eigenvalue weighted by Gasteiger charge is 2.27. The van der Waals surface area contributed by atoms with E-state index in [2.05, 4.69) is 31.2 Å². The number of nitrogens with zero attached hydrogens (tertiary/aromatic N) is 4. The number of hydrogen-bond acceptors (Lipinski definition) is 5. The highest BCUT2D eigenvalue weighted by atomic mass is 16.5. The van der Waals surface area contributed by atoms with Gasteiger partial charge in [-0.2, -0.15) is 5.26 Å². The minimum absolute atomic E-state index is 0.0695. The molecule has 156 valence electrons. The molecule has 1 aromatic rings. The summed E-state index contributed by atoms with van der Waals surface area (Å²) in [4.78, 5) is 7.95. The first-order valence-electron chi connectivity index (χ1n) is 10.2. The first-order valence-corrected chi connectivity index (χ1v) is 10.2. The van der Waals surface area contributed by atoms with Crippen LogP contribution in [0.4, 0.5) is 5.82 Å². The molecule has 6 rings (SSSR count). The van der Waals surface area contributed by atoms with Crippen molar-refractivity contribution < 1.29 is 4.52 Å². The van der Waals surface area contributed by atoms with Gasteiger partial charge in [0.2, 0.25) is 0 Å². The van der Waals surface area contributed by atoms with Gasteiger partial charge >= 0.3 is 0 Å². The predicted molar refractivity (Wildman–Crippen MR) is 119 cm³/mol. The molecular weight excluding hydrogens is 390 g/mol. The molecule has 8 nitrogen and oxygen atoms in total. The van der Waals surface area contributed by atoms with Crippen molar-refractivity contribution in [3.05, 3.63) is 83.6 Å². The van der Waals surface area contributed by atoms with Gasteiger partial charge in [-0.05, 0) is 29.3 Å². The summed E-state index contributed by atoms with van der Waals surface area (Å²) in [6.07, 6.45) is 13.1. The molecule has 0 aromatic carbocycles. The molecule has 8 heteroatoms. The third-order valence-electron chi connectivity index (χ3n) is 5.53. The molecule has 0 spiro atoms. The van der Waals surface area contributed by atoms with Crippen molar-refractivity contribution in [2.45, 2.75) is 31.7 Å². The SMILES string of the molecule is N#CC1C=Cc2cc1cccccon1ccn(c3c4c(c[nH]2)CNC4N=CN3)CC1. The molecule has 2 atom stereocenters. The van der Waals surface area contributed by atoms with E-state index in [9.17, 15) is 5.26 Å². The van der Waals surface area contributed by atoms with Crippen LogP contribution in [0.15, 0.2) is 70.8 Å². The van der Waals surface area contributed by atoms with Gasteiger partial charge in [-0.25, -0.2) is 4.74 Å². The Kier molecular flexibility index (Phi) is 5.17. The van der Waals surface area contributed by atoms with E-state index in [1.54, 1.807) is 17.3 Å². The number of anilines is 1. The standard InChI is InChI=1S/C23H23N7O/c24-13-18-5-6-20-12-17(18)4-2-1-3-11-31-30-9-7-29(8-10-30)23-21-19(14-25-20)15-26-22(21)27-16-28-23/h1-7,9,11-12,14,16,18,22,25-26H,8,10,15H2,(H,27,28). The fourth-order valence-electron chi connectivity index (χ4n) is 3.94. The number of rotatable bonds is 0. The van der Waals surface area contributed by atoms with Crippen LogP contribution in [0.1, 0.15) is 34.5 Å². The molecule has 4 aliphatic heterocycles. The molecule has 0 amide bonds. The van der Waals surface area contributed by atoms with Crippen LogP contribution in [0.5, 0.6) is 0 Å². The Morgan fingerprint density at radius 3 is 3.03 bits per heavy atom. The van der Waals surface area contributed by atoms with Crippen molar-refractivity contribution in [3.63, 3.8) is 0 Å². The van der Waals surface area contributed by atoms with Crippen LogP contribution in [-0.4, -0.2) is 20.6 Å². The Morgan fingerprint density at radius 2 is 2.16 bits per heavy atom. The molecule has 5 aliphatic rings. The number of aliphatic imine (C=N–C) groups is 1. The van der Waals surface area contributed by atoms with Gasteiger partial charge in [0.25, 0.3) is 0 Å². The van der Waals surface area contributed by atoms with Gasteiger partial charge in [-0.15, -0.1) is 0 Å². The number of fused-ring (bicyclic) bond motifs is 8. The van der Waals surface area contributed by atoms with Crippen LogP contribution < -0.4 is 10.6 Å². The van der Waals surface area contributed by atoms with Crippen molar-refractivity contribution in [1.29, 1.82) is 5.26 Å². The predicted octanol–water partition coefficient (Wildman–Crippen LogP) is 3.91. The lowest BCUT2D eigenvalue weighted by molar-refractivity contribution is 0.237. The van der Waals surface area contributed by atoms with Crippen molar-refractivity contribution in [1.82, 2.24) is 19.6 Å². The average molecular weight is 413 g/mol. The first kappa shape index (κ1) is 19.0. The van der Waals surface area contributed by atoms with Gasteiger partial charge in [0.1, 0.15) is 18.2 Å². The van der Waals surface area contributed by atoms with Crippen molar-refractivity contribution >= 4 is 18.2 Å². The summed E-state index contributed by atoms with van der Waals surface area (Å²) in [7, 11) is 0. The van der Waals surface area contributed by atoms with Crippen molar-refractivity contribution in [2.24, 2.45) is 4.99 Å². The fraction of sp³-hybridized carbons (Fsp3) is 0.217. The number of aromatic nitrogens is 3. The molecule has 0 fully saturated rings. The number of H-pyrrole nitrogens is 1. The van der Waals surface area contributed by atoms with Crippen molar-refractivity contribution in [2.75, 3.05) is 5.32 Å². The van der Waals surface area contributed by atoms with E-state index in [0.29, 0.717) is 0 Å². The largest absolute Gasteiger partial charge is 0.388 e. The molecule has 31 heavy (non-hydrogen) atoms. The van der Waals surface area contributed by atoms with E-state index >= 15 is 0 Å². The summed E-state index contributed by atoms with van der Waals surface area (Å²) >= 11 is 0. The fourth-order valence-corrected chi connectivity index (χ4v) is 3.94. The summed E-state index contributed by atoms with van der Waals surface area (Å²) in [6, 6.07) is 11.9. The van der Waals surface area contributed by atoms with Crippen LogP contribution in [-0.2, 0) is 19.6 Å². The molecule has 0 saturated carbocycles. The summed E-state index contributed by atoms with van der Waals surface area (Å²) in [5.74, 6) is 0.754. The molecule has 1 aromatic heterocycles. The Hall–Kier alpha value is -3.96. The molecule has 2 unspecified atom stereocenters. The first-order chi connectivity index (χ1) is 15.3. The molecule has 0 radical (unpaired) electrons. The topological polar surface area (TPSA) is 99.0 Å². The number of aryl methyl sites for hydroxylation is 2. The normalized spacial score (nSPS) is 19.7. The smallest absolute Gasteiger partial charge is 0.131 e. The molecule has 1 aliphatic carbocycles. The van der Waals surface area contributed by atoms with E-state index in [0.717, 1.165) is 47.8 Å². The molecule has 0 saturated heterocycles. The Bertz CT molecular complexity index is 1210. The summed E-state index contributed by atoms with van der Waals surface area (Å²) in [5.41, 5.74) is 4.14. The second kappa shape index (κ2) is 8.42. The van der Waals surface area contributed by atoms with E-state index in [1.165, 1.54) is 0 Å². The Morgan fingerprint density at radius 1 is 1.19 bits per heavy atom. The monoisotopic (exact) mass is 413 g/mol.